The molecule has 0 amide bonds. The fourth-order valence-electron chi connectivity index (χ4n) is 1.58. The second-order valence-electron chi connectivity index (χ2n) is 2.93. The van der Waals surface area contributed by atoms with E-state index >= 15 is 0 Å². The number of hydrogen-bond donors (Lipinski definition) is 0. The van der Waals surface area contributed by atoms with E-state index in [0.29, 0.717) is 0 Å². The molecular formula is C7H10O2Te. The first-order valence-electron chi connectivity index (χ1n) is 3.64. The van der Waals surface area contributed by atoms with E-state index in [1.807, 2.05) is 0 Å². The Hall–Kier alpha value is 0.130. The van der Waals surface area contributed by atoms with E-state index in [-0.39, 0.29) is 7.66 Å². The second-order valence-corrected chi connectivity index (χ2v) is 12.4. The summed E-state index contributed by atoms with van der Waals surface area (Å²) >= 11 is -2.34. The van der Waals surface area contributed by atoms with Gasteiger partial charge >= 0.3 is 63.6 Å². The van der Waals surface area contributed by atoms with Gasteiger partial charge in [0.2, 0.25) is 0 Å². The van der Waals surface area contributed by atoms with Crippen LogP contribution in [-0.2, 0) is 9.59 Å². The molecule has 0 aromatic carbocycles. The molecule has 0 aromatic heterocycles. The van der Waals surface area contributed by atoms with Gasteiger partial charge in [0.1, 0.15) is 0 Å². The van der Waals surface area contributed by atoms with Crippen LogP contribution in [0.5, 0.6) is 0 Å². The molecule has 2 nitrogen and oxygen atoms in total. The van der Waals surface area contributed by atoms with Crippen LogP contribution in [0, 0.1) is 0 Å². The van der Waals surface area contributed by atoms with Crippen molar-refractivity contribution in [3.05, 3.63) is 0 Å². The van der Waals surface area contributed by atoms with Gasteiger partial charge in [-0.05, 0) is 0 Å². The van der Waals surface area contributed by atoms with Crippen molar-refractivity contribution in [2.24, 2.45) is 0 Å². The van der Waals surface area contributed by atoms with E-state index in [4.69, 9.17) is 0 Å². The van der Waals surface area contributed by atoms with E-state index in [1.165, 1.54) is 6.42 Å². The number of rotatable bonds is 0. The number of carbonyl (C=O) groups is 2. The Morgan fingerprint density at radius 2 is 1.40 bits per heavy atom. The van der Waals surface area contributed by atoms with Crippen molar-refractivity contribution in [2.75, 3.05) is 0 Å². The van der Waals surface area contributed by atoms with Gasteiger partial charge in [0.05, 0.1) is 0 Å². The molecular weight excluding hydrogens is 244 g/mol. The third-order valence-corrected chi connectivity index (χ3v) is 12.5. The maximum absolute atomic E-state index is 10.9. The molecule has 56 valence electrons. The molecule has 2 aliphatic rings. The van der Waals surface area contributed by atoms with E-state index in [1.54, 1.807) is 0 Å². The van der Waals surface area contributed by atoms with Gasteiger partial charge in [-0.2, -0.15) is 0 Å². The monoisotopic (exact) mass is 256 g/mol. The van der Waals surface area contributed by atoms with Gasteiger partial charge in [0, 0.05) is 0 Å². The Kier molecular flexibility index (Phi) is 1.40. The van der Waals surface area contributed by atoms with Crippen LogP contribution in [0.3, 0.4) is 0 Å². The van der Waals surface area contributed by atoms with Gasteiger partial charge in [-0.3, -0.25) is 0 Å². The van der Waals surface area contributed by atoms with E-state index in [2.05, 4.69) is 0 Å². The zero-order valence-corrected chi connectivity index (χ0v) is 8.09. The van der Waals surface area contributed by atoms with Crippen LogP contribution in [0.15, 0.2) is 0 Å². The molecule has 10 heavy (non-hydrogen) atoms. The first-order valence-corrected chi connectivity index (χ1v) is 9.27. The van der Waals surface area contributed by atoms with Crippen LogP contribution in [0.25, 0.3) is 0 Å². The molecule has 0 bridgehead atoms. The van der Waals surface area contributed by atoms with Crippen molar-refractivity contribution >= 4 is 25.8 Å². The number of hydrogen-bond acceptors (Lipinski definition) is 2. The van der Waals surface area contributed by atoms with E-state index in [0.717, 1.165) is 21.8 Å². The van der Waals surface area contributed by atoms with Crippen molar-refractivity contribution in [3.8, 4) is 0 Å². The molecule has 3 heteroatoms. The van der Waals surface area contributed by atoms with Gasteiger partial charge in [-0.1, -0.05) is 0 Å². The van der Waals surface area contributed by atoms with Gasteiger partial charge in [0.15, 0.2) is 0 Å². The minimum atomic E-state index is -2.34. The van der Waals surface area contributed by atoms with Gasteiger partial charge in [0.25, 0.3) is 0 Å². The van der Waals surface area contributed by atoms with Crippen molar-refractivity contribution in [1.82, 2.24) is 0 Å². The Balaban J connectivity index is 2.17. The Labute approximate surface area is 63.8 Å². The van der Waals surface area contributed by atoms with Gasteiger partial charge in [-0.25, -0.2) is 0 Å². The summed E-state index contributed by atoms with van der Waals surface area (Å²) in [5.41, 5.74) is 0. The van der Waals surface area contributed by atoms with Crippen molar-refractivity contribution < 1.29 is 9.59 Å². The average Bonchev–Trinajstić information content (AvgIpc) is 2.45. The van der Waals surface area contributed by atoms with E-state index < -0.39 is 18.2 Å². The van der Waals surface area contributed by atoms with Crippen LogP contribution in [0.2, 0.25) is 8.94 Å². The Bertz CT molecular complexity index is 188. The van der Waals surface area contributed by atoms with Gasteiger partial charge in [-0.15, -0.1) is 0 Å². The maximum atomic E-state index is 10.9. The van der Waals surface area contributed by atoms with Crippen molar-refractivity contribution in [1.29, 1.82) is 0 Å². The summed E-state index contributed by atoms with van der Waals surface area (Å²) in [4.78, 5) is 21.9. The molecule has 0 aromatic rings. The summed E-state index contributed by atoms with van der Waals surface area (Å²) in [6, 6.07) is 0. The summed E-state index contributed by atoms with van der Waals surface area (Å²) in [6.45, 7) is 0. The third kappa shape index (κ3) is 0.710. The second kappa shape index (κ2) is 2.06. The molecule has 0 radical (unpaired) electrons. The van der Waals surface area contributed by atoms with Crippen LogP contribution >= 0.6 is 0 Å². The summed E-state index contributed by atoms with van der Waals surface area (Å²) in [5.74, 6) is 0. The summed E-state index contributed by atoms with van der Waals surface area (Å²) in [5, 5.41) is 0. The molecule has 2 fully saturated rings. The standard InChI is InChI=1S/C7H10O2Te/c8-6-7(9)10(6)4-2-1-3-5-10/h1-5H2. The molecule has 0 N–H and O–H groups in total. The fraction of sp³-hybridized carbons (Fsp3) is 0.714. The molecule has 2 rings (SSSR count). The molecule has 0 unspecified atom stereocenters. The topological polar surface area (TPSA) is 34.1 Å². The molecule has 0 saturated carbocycles. The predicted molar refractivity (Wildman–Crippen MR) is 39.2 cm³/mol. The molecule has 2 aliphatic heterocycles. The Morgan fingerprint density at radius 3 is 1.70 bits per heavy atom. The van der Waals surface area contributed by atoms with Crippen LogP contribution in [0.4, 0.5) is 0 Å². The molecule has 0 aliphatic carbocycles. The van der Waals surface area contributed by atoms with Gasteiger partial charge < -0.3 is 0 Å². The molecule has 2 heterocycles. The quantitative estimate of drug-likeness (QED) is 0.474. The SMILES string of the molecule is O=C1C(=O)[Te]12CCCCC2. The minimum absolute atomic E-state index is 0.0994. The van der Waals surface area contributed by atoms with Crippen LogP contribution in [0.1, 0.15) is 19.3 Å². The molecule has 1 spiro atoms. The van der Waals surface area contributed by atoms with Crippen LogP contribution in [-0.4, -0.2) is 25.8 Å². The summed E-state index contributed by atoms with van der Waals surface area (Å²) in [7, 11) is 0. The van der Waals surface area contributed by atoms with Crippen molar-refractivity contribution in [3.63, 3.8) is 0 Å². The summed E-state index contributed by atoms with van der Waals surface area (Å²) in [6.07, 6.45) is 3.55. The first-order chi connectivity index (χ1) is 4.77. The molecule has 2 saturated heterocycles. The predicted octanol–water partition coefficient (Wildman–Crippen LogP) is 0.849. The Morgan fingerprint density at radius 1 is 0.900 bits per heavy atom. The zero-order valence-electron chi connectivity index (χ0n) is 5.76. The average molecular weight is 254 g/mol. The van der Waals surface area contributed by atoms with Crippen LogP contribution < -0.4 is 0 Å². The summed E-state index contributed by atoms with van der Waals surface area (Å²) < 4.78 is 2.25. The fourth-order valence-corrected chi connectivity index (χ4v) is 11.9. The third-order valence-electron chi connectivity index (χ3n) is 2.32. The molecule has 0 atom stereocenters. The number of carbonyl (C=O) groups excluding carboxylic acids is 2. The first kappa shape index (κ1) is 6.82. The van der Waals surface area contributed by atoms with E-state index in [9.17, 15) is 9.59 Å². The van der Waals surface area contributed by atoms with Crippen molar-refractivity contribution in [2.45, 2.75) is 28.2 Å². The zero-order chi connectivity index (χ0) is 7.19. The normalized spacial score (nSPS) is 32.4.